The predicted octanol–water partition coefficient (Wildman–Crippen LogP) is 2.05. The minimum Gasteiger partial charge on any atom is -0.467 e. The van der Waals surface area contributed by atoms with Crippen molar-refractivity contribution in [2.24, 2.45) is 0 Å². The molecule has 8 heteroatoms. The average molecular weight is 365 g/mol. The Kier molecular flexibility index (Phi) is 8.54. The zero-order valence-electron chi connectivity index (χ0n) is 15.7. The first-order valence-corrected chi connectivity index (χ1v) is 8.48. The van der Waals surface area contributed by atoms with Crippen molar-refractivity contribution in [3.63, 3.8) is 0 Å². The minimum atomic E-state index is -0.755. The molecule has 26 heavy (non-hydrogen) atoms. The van der Waals surface area contributed by atoms with Gasteiger partial charge < -0.3 is 20.1 Å². The molecule has 1 aromatic heterocycles. The van der Waals surface area contributed by atoms with Crippen LogP contribution in [0.1, 0.15) is 50.4 Å². The number of carbonyl (C=O) groups is 3. The van der Waals surface area contributed by atoms with Gasteiger partial charge in [0.25, 0.3) is 5.91 Å². The summed E-state index contributed by atoms with van der Waals surface area (Å²) >= 11 is 0. The van der Waals surface area contributed by atoms with E-state index in [4.69, 9.17) is 9.47 Å². The zero-order valence-corrected chi connectivity index (χ0v) is 15.7. The average Bonchev–Trinajstić information content (AvgIpc) is 2.58. The molecule has 1 aromatic rings. The summed E-state index contributed by atoms with van der Waals surface area (Å²) in [4.78, 5) is 39.4. The summed E-state index contributed by atoms with van der Waals surface area (Å²) in [6, 6.07) is 2.50. The fraction of sp³-hybridized carbons (Fsp3) is 0.556. The van der Waals surface area contributed by atoms with Crippen molar-refractivity contribution in [3.05, 3.63) is 30.1 Å². The van der Waals surface area contributed by atoms with Crippen LogP contribution >= 0.6 is 0 Å². The smallest absolute Gasteiger partial charge is 0.407 e. The van der Waals surface area contributed by atoms with Crippen molar-refractivity contribution >= 4 is 18.0 Å². The predicted molar refractivity (Wildman–Crippen MR) is 95.6 cm³/mol. The number of hydrogen-bond acceptors (Lipinski definition) is 6. The lowest BCUT2D eigenvalue weighted by molar-refractivity contribution is -0.143. The zero-order chi connectivity index (χ0) is 19.6. The van der Waals surface area contributed by atoms with E-state index < -0.39 is 23.7 Å². The lowest BCUT2D eigenvalue weighted by Gasteiger charge is -2.20. The summed E-state index contributed by atoms with van der Waals surface area (Å²) < 4.78 is 9.88. The van der Waals surface area contributed by atoms with Gasteiger partial charge in [0.1, 0.15) is 11.6 Å². The number of alkyl carbamates (subject to hydrolysis) is 1. The second-order valence-corrected chi connectivity index (χ2v) is 6.72. The highest BCUT2D eigenvalue weighted by Crippen LogP contribution is 2.07. The number of carbonyl (C=O) groups excluding carboxylic acids is 3. The molecule has 0 fully saturated rings. The Labute approximate surface area is 153 Å². The topological polar surface area (TPSA) is 107 Å². The van der Waals surface area contributed by atoms with Crippen molar-refractivity contribution in [3.8, 4) is 0 Å². The van der Waals surface area contributed by atoms with Gasteiger partial charge in [0.05, 0.1) is 12.7 Å². The highest BCUT2D eigenvalue weighted by atomic mass is 16.6. The number of esters is 1. The fourth-order valence-electron chi connectivity index (χ4n) is 2.11. The molecule has 0 spiro atoms. The molecule has 8 nitrogen and oxygen atoms in total. The van der Waals surface area contributed by atoms with Gasteiger partial charge in [0, 0.05) is 18.9 Å². The van der Waals surface area contributed by atoms with Gasteiger partial charge in [-0.3, -0.25) is 9.78 Å². The van der Waals surface area contributed by atoms with Gasteiger partial charge in [0.15, 0.2) is 0 Å². The first-order valence-electron chi connectivity index (χ1n) is 8.48. The first-order chi connectivity index (χ1) is 12.2. The molecule has 144 valence electrons. The maximum Gasteiger partial charge on any atom is 0.407 e. The molecule has 0 aliphatic rings. The fourth-order valence-corrected chi connectivity index (χ4v) is 2.11. The van der Waals surface area contributed by atoms with Gasteiger partial charge in [-0.1, -0.05) is 0 Å². The summed E-state index contributed by atoms with van der Waals surface area (Å²) in [6.07, 6.45) is 4.15. The van der Waals surface area contributed by atoms with Gasteiger partial charge in [0.2, 0.25) is 0 Å². The SMILES string of the molecule is COC(=O)[C@H](CCCCNC(=O)OC(C)(C)C)NC(=O)c1cccnc1. The Morgan fingerprint density at radius 1 is 1.23 bits per heavy atom. The number of amides is 2. The molecule has 1 heterocycles. The van der Waals surface area contributed by atoms with Crippen LogP contribution in [0.15, 0.2) is 24.5 Å². The Bertz CT molecular complexity index is 599. The second kappa shape index (κ2) is 10.4. The van der Waals surface area contributed by atoms with Crippen LogP contribution in [-0.4, -0.2) is 48.3 Å². The van der Waals surface area contributed by atoms with Gasteiger partial charge in [-0.2, -0.15) is 0 Å². The molecule has 0 aromatic carbocycles. The number of unbranched alkanes of at least 4 members (excludes halogenated alkanes) is 1. The normalized spacial score (nSPS) is 12.0. The van der Waals surface area contributed by atoms with Gasteiger partial charge >= 0.3 is 12.1 Å². The van der Waals surface area contributed by atoms with E-state index in [2.05, 4.69) is 15.6 Å². The monoisotopic (exact) mass is 365 g/mol. The second-order valence-electron chi connectivity index (χ2n) is 6.72. The van der Waals surface area contributed by atoms with Crippen molar-refractivity contribution in [2.45, 2.75) is 51.7 Å². The molecule has 0 unspecified atom stereocenters. The number of nitrogens with one attached hydrogen (secondary N) is 2. The summed E-state index contributed by atoms with van der Waals surface area (Å²) in [5, 5.41) is 5.30. The Hall–Kier alpha value is -2.64. The minimum absolute atomic E-state index is 0.369. The highest BCUT2D eigenvalue weighted by Gasteiger charge is 2.22. The molecule has 1 atom stereocenters. The molecular formula is C18H27N3O5. The maximum absolute atomic E-state index is 12.2. The third-order valence-corrected chi connectivity index (χ3v) is 3.30. The molecular weight excluding hydrogens is 338 g/mol. The number of rotatable bonds is 8. The Balaban J connectivity index is 2.40. The van der Waals surface area contributed by atoms with Crippen molar-refractivity contribution in [1.29, 1.82) is 0 Å². The van der Waals surface area contributed by atoms with Crippen LogP contribution in [0.25, 0.3) is 0 Å². The van der Waals surface area contributed by atoms with E-state index in [1.54, 1.807) is 39.1 Å². The van der Waals surface area contributed by atoms with Crippen LogP contribution in [0.5, 0.6) is 0 Å². The van der Waals surface area contributed by atoms with E-state index in [0.29, 0.717) is 31.4 Å². The van der Waals surface area contributed by atoms with Crippen LogP contribution < -0.4 is 10.6 Å². The van der Waals surface area contributed by atoms with Crippen LogP contribution in [0.2, 0.25) is 0 Å². The molecule has 0 aliphatic carbocycles. The molecule has 0 bridgehead atoms. The summed E-state index contributed by atoms with van der Waals surface area (Å²) in [6.45, 7) is 5.79. The molecule has 0 aliphatic heterocycles. The number of pyridine rings is 1. The van der Waals surface area contributed by atoms with Crippen LogP contribution in [0, 0.1) is 0 Å². The van der Waals surface area contributed by atoms with Gasteiger partial charge in [-0.25, -0.2) is 9.59 Å². The third kappa shape index (κ3) is 8.46. The van der Waals surface area contributed by atoms with E-state index in [1.807, 2.05) is 0 Å². The van der Waals surface area contributed by atoms with E-state index in [0.717, 1.165) is 0 Å². The number of hydrogen-bond donors (Lipinski definition) is 2. The van der Waals surface area contributed by atoms with Gasteiger partial charge in [-0.15, -0.1) is 0 Å². The van der Waals surface area contributed by atoms with Crippen LogP contribution in [0.3, 0.4) is 0 Å². The molecule has 2 N–H and O–H groups in total. The van der Waals surface area contributed by atoms with Crippen LogP contribution in [-0.2, 0) is 14.3 Å². The van der Waals surface area contributed by atoms with Gasteiger partial charge in [-0.05, 0) is 52.2 Å². The summed E-state index contributed by atoms with van der Waals surface area (Å²) in [7, 11) is 1.27. The summed E-state index contributed by atoms with van der Waals surface area (Å²) in [5.74, 6) is -0.900. The number of methoxy groups -OCH3 is 1. The number of ether oxygens (including phenoxy) is 2. The lowest BCUT2D eigenvalue weighted by atomic mass is 10.1. The maximum atomic E-state index is 12.2. The summed E-state index contributed by atoms with van der Waals surface area (Å²) in [5.41, 5.74) is -0.176. The highest BCUT2D eigenvalue weighted by molar-refractivity contribution is 5.96. The van der Waals surface area contributed by atoms with Crippen molar-refractivity contribution < 1.29 is 23.9 Å². The largest absolute Gasteiger partial charge is 0.467 e. The Morgan fingerprint density at radius 3 is 2.54 bits per heavy atom. The number of nitrogens with zero attached hydrogens (tertiary/aromatic N) is 1. The van der Waals surface area contributed by atoms with E-state index in [1.165, 1.54) is 13.3 Å². The lowest BCUT2D eigenvalue weighted by Crippen LogP contribution is -2.41. The standard InChI is InChI=1S/C18H27N3O5/c1-18(2,3)26-17(24)20-11-6-5-9-14(16(23)25-4)21-15(22)13-8-7-10-19-12-13/h7-8,10,12,14H,5-6,9,11H2,1-4H3,(H,20,24)(H,21,22)/t14-/m0/s1. The molecule has 1 rings (SSSR count). The van der Waals surface area contributed by atoms with E-state index in [9.17, 15) is 14.4 Å². The number of aromatic nitrogens is 1. The quantitative estimate of drug-likeness (QED) is 0.539. The van der Waals surface area contributed by atoms with Crippen molar-refractivity contribution in [2.75, 3.05) is 13.7 Å². The Morgan fingerprint density at radius 2 is 1.96 bits per heavy atom. The third-order valence-electron chi connectivity index (χ3n) is 3.30. The van der Waals surface area contributed by atoms with E-state index in [-0.39, 0.29) is 5.91 Å². The van der Waals surface area contributed by atoms with Crippen molar-refractivity contribution in [1.82, 2.24) is 15.6 Å². The molecule has 0 radical (unpaired) electrons. The molecule has 0 saturated heterocycles. The molecule has 0 saturated carbocycles. The van der Waals surface area contributed by atoms with Crippen LogP contribution in [0.4, 0.5) is 4.79 Å². The molecule has 2 amide bonds. The van der Waals surface area contributed by atoms with E-state index >= 15 is 0 Å². The first kappa shape index (κ1) is 21.4.